The number of thiophene rings is 1. The number of hydrogen-bond donors (Lipinski definition) is 1. The van der Waals surface area contributed by atoms with Gasteiger partial charge in [-0.1, -0.05) is 13.8 Å². The highest BCUT2D eigenvalue weighted by molar-refractivity contribution is 7.10. The van der Waals surface area contributed by atoms with E-state index >= 15 is 0 Å². The topological polar surface area (TPSA) is 23.5 Å². The Hall–Kier alpha value is -0.380. The normalized spacial score (nSPS) is 14.4. The third kappa shape index (κ3) is 2.17. The highest BCUT2D eigenvalue weighted by Crippen LogP contribution is 2.39. The largest absolute Gasteiger partial charge is 0.386 e. The molecule has 3 heteroatoms. The van der Waals surface area contributed by atoms with E-state index in [1.807, 2.05) is 0 Å². The van der Waals surface area contributed by atoms with Gasteiger partial charge in [0, 0.05) is 4.88 Å². The fraction of sp³-hybridized carbons (Fsp3) is 0.692. The highest BCUT2D eigenvalue weighted by atomic mass is 32.1. The number of hydrogen-bond acceptors (Lipinski definition) is 3. The summed E-state index contributed by atoms with van der Waals surface area (Å²) in [4.78, 5) is 3.27. The van der Waals surface area contributed by atoms with Gasteiger partial charge < -0.3 is 10.0 Å². The molecule has 0 saturated heterocycles. The SMILES string of the molecule is CCC(CC)(C(O)c1sccc1C)N(C)C. The van der Waals surface area contributed by atoms with Crippen LogP contribution in [0.4, 0.5) is 0 Å². The quantitative estimate of drug-likeness (QED) is 0.855. The van der Waals surface area contributed by atoms with Crippen LogP contribution < -0.4 is 0 Å². The Kier molecular flexibility index (Phi) is 4.53. The van der Waals surface area contributed by atoms with Crippen molar-refractivity contribution in [2.75, 3.05) is 14.1 Å². The van der Waals surface area contributed by atoms with Crippen molar-refractivity contribution >= 4 is 11.3 Å². The van der Waals surface area contributed by atoms with Crippen molar-refractivity contribution in [3.05, 3.63) is 21.9 Å². The molecule has 0 aliphatic carbocycles. The predicted octanol–water partition coefficient (Wildman–Crippen LogP) is 3.21. The van der Waals surface area contributed by atoms with E-state index in [0.717, 1.165) is 17.7 Å². The van der Waals surface area contributed by atoms with Crippen molar-refractivity contribution in [3.8, 4) is 0 Å². The molecule has 1 aromatic rings. The van der Waals surface area contributed by atoms with Gasteiger partial charge >= 0.3 is 0 Å². The van der Waals surface area contributed by atoms with E-state index in [-0.39, 0.29) is 5.54 Å². The van der Waals surface area contributed by atoms with Gasteiger partial charge in [-0.2, -0.15) is 0 Å². The van der Waals surface area contributed by atoms with Gasteiger partial charge in [0.25, 0.3) is 0 Å². The van der Waals surface area contributed by atoms with Crippen LogP contribution in [0.15, 0.2) is 11.4 Å². The Balaban J connectivity index is 3.09. The second-order valence-corrected chi connectivity index (χ2v) is 5.52. The standard InChI is InChI=1S/C13H23NOS/c1-6-13(7-2,14(4)5)12(15)11-10(3)8-9-16-11/h8-9,12,15H,6-7H2,1-5H3. The highest BCUT2D eigenvalue weighted by Gasteiger charge is 2.38. The van der Waals surface area contributed by atoms with Crippen molar-refractivity contribution < 1.29 is 5.11 Å². The minimum atomic E-state index is -0.391. The molecule has 0 aromatic carbocycles. The zero-order valence-corrected chi connectivity index (χ0v) is 11.8. The molecule has 1 atom stereocenters. The molecule has 0 aliphatic heterocycles. The first-order chi connectivity index (χ1) is 7.49. The summed E-state index contributed by atoms with van der Waals surface area (Å²) in [5.41, 5.74) is 1.06. The maximum Gasteiger partial charge on any atom is 0.107 e. The minimum Gasteiger partial charge on any atom is -0.386 e. The third-order valence-electron chi connectivity index (χ3n) is 3.77. The molecule has 0 fully saturated rings. The van der Waals surface area contributed by atoms with E-state index in [1.165, 1.54) is 5.56 Å². The second kappa shape index (κ2) is 5.30. The molecule has 1 unspecified atom stereocenters. The lowest BCUT2D eigenvalue weighted by Crippen LogP contribution is -2.48. The van der Waals surface area contributed by atoms with Crippen molar-refractivity contribution in [1.82, 2.24) is 4.90 Å². The lowest BCUT2D eigenvalue weighted by molar-refractivity contribution is -0.0131. The average molecular weight is 241 g/mol. The van der Waals surface area contributed by atoms with Crippen LogP contribution in [0.3, 0.4) is 0 Å². The van der Waals surface area contributed by atoms with Gasteiger partial charge in [0.1, 0.15) is 6.10 Å². The number of aliphatic hydroxyl groups excluding tert-OH is 1. The lowest BCUT2D eigenvalue weighted by Gasteiger charge is -2.42. The maximum atomic E-state index is 10.6. The van der Waals surface area contributed by atoms with E-state index in [0.29, 0.717) is 0 Å². The Labute approximate surface area is 103 Å². The van der Waals surface area contributed by atoms with Crippen LogP contribution in [0.25, 0.3) is 0 Å². The molecular weight excluding hydrogens is 218 g/mol. The van der Waals surface area contributed by atoms with E-state index in [4.69, 9.17) is 0 Å². The minimum absolute atomic E-state index is 0.143. The first kappa shape index (κ1) is 13.7. The summed E-state index contributed by atoms with van der Waals surface area (Å²) in [7, 11) is 4.11. The molecule has 0 radical (unpaired) electrons. The van der Waals surface area contributed by atoms with Gasteiger partial charge in [0.05, 0.1) is 5.54 Å². The van der Waals surface area contributed by atoms with Crippen LogP contribution in [0, 0.1) is 6.92 Å². The number of nitrogens with zero attached hydrogens (tertiary/aromatic N) is 1. The molecule has 1 rings (SSSR count). The Morgan fingerprint density at radius 1 is 1.38 bits per heavy atom. The maximum absolute atomic E-state index is 10.6. The fourth-order valence-corrected chi connectivity index (χ4v) is 3.44. The number of aliphatic hydroxyl groups is 1. The van der Waals surface area contributed by atoms with E-state index in [9.17, 15) is 5.11 Å². The molecule has 16 heavy (non-hydrogen) atoms. The van der Waals surface area contributed by atoms with E-state index in [2.05, 4.69) is 51.2 Å². The smallest absolute Gasteiger partial charge is 0.107 e. The number of rotatable bonds is 5. The van der Waals surface area contributed by atoms with Gasteiger partial charge in [0.15, 0.2) is 0 Å². The molecule has 2 nitrogen and oxygen atoms in total. The Bertz CT molecular complexity index is 328. The lowest BCUT2D eigenvalue weighted by atomic mass is 9.83. The zero-order valence-electron chi connectivity index (χ0n) is 10.9. The van der Waals surface area contributed by atoms with Crippen LogP contribution in [0.1, 0.15) is 43.2 Å². The van der Waals surface area contributed by atoms with Gasteiger partial charge in [0.2, 0.25) is 0 Å². The van der Waals surface area contributed by atoms with Crippen molar-refractivity contribution in [1.29, 1.82) is 0 Å². The number of aryl methyl sites for hydroxylation is 1. The fourth-order valence-electron chi connectivity index (χ4n) is 2.42. The van der Waals surface area contributed by atoms with Crippen molar-refractivity contribution in [2.24, 2.45) is 0 Å². The predicted molar refractivity (Wildman–Crippen MR) is 71.0 cm³/mol. The van der Waals surface area contributed by atoms with Gasteiger partial charge in [-0.3, -0.25) is 0 Å². The Morgan fingerprint density at radius 2 is 1.94 bits per heavy atom. The summed E-state index contributed by atoms with van der Waals surface area (Å²) >= 11 is 1.66. The molecule has 0 saturated carbocycles. The van der Waals surface area contributed by atoms with Crippen LogP contribution in [-0.4, -0.2) is 29.6 Å². The van der Waals surface area contributed by atoms with Crippen molar-refractivity contribution in [3.63, 3.8) is 0 Å². The molecule has 0 spiro atoms. The van der Waals surface area contributed by atoms with Crippen LogP contribution in [0.2, 0.25) is 0 Å². The third-order valence-corrected chi connectivity index (χ3v) is 4.85. The molecule has 0 bridgehead atoms. The Morgan fingerprint density at radius 3 is 2.25 bits per heavy atom. The van der Waals surface area contributed by atoms with Gasteiger partial charge in [-0.25, -0.2) is 0 Å². The molecule has 1 heterocycles. The van der Waals surface area contributed by atoms with Crippen LogP contribution >= 0.6 is 11.3 Å². The first-order valence-corrected chi connectivity index (χ1v) is 6.77. The average Bonchev–Trinajstić information content (AvgIpc) is 2.66. The van der Waals surface area contributed by atoms with Crippen LogP contribution in [-0.2, 0) is 0 Å². The first-order valence-electron chi connectivity index (χ1n) is 5.89. The summed E-state index contributed by atoms with van der Waals surface area (Å²) in [6, 6.07) is 2.08. The molecule has 0 amide bonds. The van der Waals surface area contributed by atoms with E-state index in [1.54, 1.807) is 11.3 Å². The summed E-state index contributed by atoms with van der Waals surface area (Å²) in [6.07, 6.45) is 1.52. The molecule has 92 valence electrons. The molecule has 0 aliphatic rings. The van der Waals surface area contributed by atoms with E-state index < -0.39 is 6.10 Å². The zero-order chi connectivity index (χ0) is 12.3. The van der Waals surface area contributed by atoms with Crippen LogP contribution in [0.5, 0.6) is 0 Å². The second-order valence-electron chi connectivity index (χ2n) is 4.58. The number of likely N-dealkylation sites (N-methyl/N-ethyl adjacent to an activating group) is 1. The van der Waals surface area contributed by atoms with Gasteiger partial charge in [-0.15, -0.1) is 11.3 Å². The molecule has 1 N–H and O–H groups in total. The summed E-state index contributed by atoms with van der Waals surface area (Å²) in [6.45, 7) is 6.37. The summed E-state index contributed by atoms with van der Waals surface area (Å²) < 4.78 is 0. The summed E-state index contributed by atoms with van der Waals surface area (Å²) in [5, 5.41) is 12.7. The van der Waals surface area contributed by atoms with Gasteiger partial charge in [-0.05, 0) is 50.9 Å². The monoisotopic (exact) mass is 241 g/mol. The molecule has 1 aromatic heterocycles. The summed E-state index contributed by atoms with van der Waals surface area (Å²) in [5.74, 6) is 0. The molecular formula is C13H23NOS. The van der Waals surface area contributed by atoms with Crippen molar-refractivity contribution in [2.45, 2.75) is 45.3 Å².